The van der Waals surface area contributed by atoms with Crippen LogP contribution in [-0.4, -0.2) is 47.9 Å². The van der Waals surface area contributed by atoms with Crippen LogP contribution in [0.25, 0.3) is 0 Å². The quantitative estimate of drug-likeness (QED) is 0.749. The molecular formula is C10H18N2O2S. The number of piperidine rings is 1. The molecule has 0 aromatic carbocycles. The zero-order valence-corrected chi connectivity index (χ0v) is 10.3. The van der Waals surface area contributed by atoms with Gasteiger partial charge < -0.3 is 10.2 Å². The molecule has 1 fully saturated rings. The van der Waals surface area contributed by atoms with E-state index >= 15 is 0 Å². The van der Waals surface area contributed by atoms with Crippen LogP contribution in [0.15, 0.2) is 0 Å². The highest BCUT2D eigenvalue weighted by Crippen LogP contribution is 2.21. The minimum Gasteiger partial charge on any atom is -0.347 e. The summed E-state index contributed by atoms with van der Waals surface area (Å²) in [6.07, 6.45) is 1.75. The van der Waals surface area contributed by atoms with E-state index in [2.05, 4.69) is 5.32 Å². The van der Waals surface area contributed by atoms with Crippen LogP contribution in [0.3, 0.4) is 0 Å². The summed E-state index contributed by atoms with van der Waals surface area (Å²) in [4.78, 5) is 24.1. The van der Waals surface area contributed by atoms with Crippen molar-refractivity contribution in [3.8, 4) is 0 Å². The van der Waals surface area contributed by atoms with Crippen molar-refractivity contribution in [2.24, 2.45) is 0 Å². The van der Waals surface area contributed by atoms with Crippen LogP contribution in [0.1, 0.15) is 19.8 Å². The lowest BCUT2D eigenvalue weighted by molar-refractivity contribution is -0.131. The van der Waals surface area contributed by atoms with E-state index in [1.165, 1.54) is 11.8 Å². The molecule has 1 N–H and O–H groups in total. The van der Waals surface area contributed by atoms with Crippen LogP contribution in [0.5, 0.6) is 0 Å². The summed E-state index contributed by atoms with van der Waals surface area (Å²) >= 11 is 1.37. The fourth-order valence-corrected chi connectivity index (χ4v) is 2.59. The third kappa shape index (κ3) is 3.83. The van der Waals surface area contributed by atoms with Gasteiger partial charge in [-0.1, -0.05) is 11.8 Å². The van der Waals surface area contributed by atoms with Crippen molar-refractivity contribution in [3.63, 3.8) is 0 Å². The highest BCUT2D eigenvalue weighted by atomic mass is 32.2. The van der Waals surface area contributed by atoms with Gasteiger partial charge in [-0.3, -0.25) is 9.59 Å². The fraction of sp³-hybridized carbons (Fsp3) is 0.800. The summed E-state index contributed by atoms with van der Waals surface area (Å²) in [6, 6.07) is -0.0659. The molecule has 0 aromatic heterocycles. The summed E-state index contributed by atoms with van der Waals surface area (Å²) in [7, 11) is 3.53. The predicted molar refractivity (Wildman–Crippen MR) is 61.8 cm³/mol. The van der Waals surface area contributed by atoms with Crippen molar-refractivity contribution >= 4 is 22.8 Å². The molecule has 0 bridgehead atoms. The SMILES string of the molecule is CC(=O)SC1CCC(C(=O)N(C)C)NC1. The summed E-state index contributed by atoms with van der Waals surface area (Å²) in [6.45, 7) is 2.33. The van der Waals surface area contributed by atoms with E-state index in [0.29, 0.717) is 5.25 Å². The molecule has 86 valence electrons. The molecule has 1 rings (SSSR count). The largest absolute Gasteiger partial charge is 0.347 e. The fourth-order valence-electron chi connectivity index (χ4n) is 1.69. The maximum atomic E-state index is 11.6. The van der Waals surface area contributed by atoms with Gasteiger partial charge in [-0.15, -0.1) is 0 Å². The topological polar surface area (TPSA) is 49.4 Å². The Bertz CT molecular complexity index is 248. The van der Waals surface area contributed by atoms with Crippen molar-refractivity contribution in [3.05, 3.63) is 0 Å². The van der Waals surface area contributed by atoms with Crippen molar-refractivity contribution < 1.29 is 9.59 Å². The van der Waals surface area contributed by atoms with Crippen molar-refractivity contribution in [1.29, 1.82) is 0 Å². The zero-order chi connectivity index (χ0) is 11.4. The lowest BCUT2D eigenvalue weighted by Crippen LogP contribution is -2.49. The van der Waals surface area contributed by atoms with Gasteiger partial charge in [-0.05, 0) is 12.8 Å². The number of hydrogen-bond acceptors (Lipinski definition) is 4. The normalized spacial score (nSPS) is 26.1. The highest BCUT2D eigenvalue weighted by molar-refractivity contribution is 8.14. The predicted octanol–water partition coefficient (Wildman–Crippen LogP) is 0.475. The first kappa shape index (κ1) is 12.5. The van der Waals surface area contributed by atoms with Gasteiger partial charge in [-0.2, -0.15) is 0 Å². The Morgan fingerprint density at radius 1 is 1.33 bits per heavy atom. The third-order valence-electron chi connectivity index (χ3n) is 2.44. The Hall–Kier alpha value is -0.550. The maximum absolute atomic E-state index is 11.6. The number of rotatable bonds is 2. The Morgan fingerprint density at radius 3 is 2.40 bits per heavy atom. The van der Waals surface area contributed by atoms with Crippen LogP contribution < -0.4 is 5.32 Å². The molecule has 5 heteroatoms. The Labute approximate surface area is 94.8 Å². The summed E-state index contributed by atoms with van der Waals surface area (Å²) in [5.74, 6) is 0.126. The summed E-state index contributed by atoms with van der Waals surface area (Å²) < 4.78 is 0. The van der Waals surface area contributed by atoms with Gasteiger partial charge in [-0.25, -0.2) is 0 Å². The van der Waals surface area contributed by atoms with E-state index in [9.17, 15) is 9.59 Å². The van der Waals surface area contributed by atoms with Gasteiger partial charge in [0.1, 0.15) is 0 Å². The van der Waals surface area contributed by atoms with Gasteiger partial charge >= 0.3 is 0 Å². The van der Waals surface area contributed by atoms with Crippen molar-refractivity contribution in [1.82, 2.24) is 10.2 Å². The monoisotopic (exact) mass is 230 g/mol. The lowest BCUT2D eigenvalue weighted by atomic mass is 10.0. The second-order valence-corrected chi connectivity index (χ2v) is 5.48. The number of nitrogens with one attached hydrogen (secondary N) is 1. The molecule has 1 aliphatic heterocycles. The van der Waals surface area contributed by atoms with Gasteiger partial charge in [0.15, 0.2) is 5.12 Å². The maximum Gasteiger partial charge on any atom is 0.239 e. The Morgan fingerprint density at radius 2 is 2.00 bits per heavy atom. The number of likely N-dealkylation sites (N-methyl/N-ethyl adjacent to an activating group) is 1. The summed E-state index contributed by atoms with van der Waals surface area (Å²) in [5.41, 5.74) is 0. The standard InChI is InChI=1S/C10H18N2O2S/c1-7(13)15-8-4-5-9(11-6-8)10(14)12(2)3/h8-9,11H,4-6H2,1-3H3. The molecule has 0 spiro atoms. The molecule has 0 saturated carbocycles. The van der Waals surface area contributed by atoms with Crippen LogP contribution in [-0.2, 0) is 9.59 Å². The van der Waals surface area contributed by atoms with Crippen LogP contribution in [0, 0.1) is 0 Å². The van der Waals surface area contributed by atoms with E-state index in [-0.39, 0.29) is 17.1 Å². The lowest BCUT2D eigenvalue weighted by Gasteiger charge is -2.29. The van der Waals surface area contributed by atoms with Gasteiger partial charge in [0, 0.05) is 32.8 Å². The third-order valence-corrected chi connectivity index (χ3v) is 3.51. The van der Waals surface area contributed by atoms with E-state index < -0.39 is 0 Å². The van der Waals surface area contributed by atoms with Gasteiger partial charge in [0.2, 0.25) is 5.91 Å². The van der Waals surface area contributed by atoms with Crippen LogP contribution in [0.2, 0.25) is 0 Å². The van der Waals surface area contributed by atoms with E-state index in [0.717, 1.165) is 19.4 Å². The van der Waals surface area contributed by atoms with Crippen LogP contribution >= 0.6 is 11.8 Å². The summed E-state index contributed by atoms with van der Waals surface area (Å²) in [5, 5.41) is 3.67. The molecule has 15 heavy (non-hydrogen) atoms. The number of amides is 1. The molecule has 2 atom stereocenters. The number of carbonyl (C=O) groups excluding carboxylic acids is 2. The molecule has 4 nitrogen and oxygen atoms in total. The molecule has 1 heterocycles. The number of nitrogens with zero attached hydrogens (tertiary/aromatic N) is 1. The van der Waals surface area contributed by atoms with Gasteiger partial charge in [0.05, 0.1) is 6.04 Å². The molecular weight excluding hydrogens is 212 g/mol. The average Bonchev–Trinajstić information content (AvgIpc) is 2.17. The molecule has 1 amide bonds. The second-order valence-electron chi connectivity index (χ2n) is 4.00. The van der Waals surface area contributed by atoms with Gasteiger partial charge in [0.25, 0.3) is 0 Å². The first-order chi connectivity index (χ1) is 7.00. The smallest absolute Gasteiger partial charge is 0.239 e. The van der Waals surface area contributed by atoms with Crippen molar-refractivity contribution in [2.75, 3.05) is 20.6 Å². The number of carbonyl (C=O) groups is 2. The average molecular weight is 230 g/mol. The van der Waals surface area contributed by atoms with E-state index in [4.69, 9.17) is 0 Å². The van der Waals surface area contributed by atoms with E-state index in [1.54, 1.807) is 25.9 Å². The Kier molecular flexibility index (Phi) is 4.60. The van der Waals surface area contributed by atoms with Crippen molar-refractivity contribution in [2.45, 2.75) is 31.1 Å². The minimum atomic E-state index is -0.0659. The zero-order valence-electron chi connectivity index (χ0n) is 9.45. The second kappa shape index (κ2) is 5.51. The minimum absolute atomic E-state index is 0.0659. The molecule has 0 aromatic rings. The number of thioether (sulfide) groups is 1. The molecule has 2 unspecified atom stereocenters. The van der Waals surface area contributed by atoms with E-state index in [1.807, 2.05) is 0 Å². The number of hydrogen-bond donors (Lipinski definition) is 1. The first-order valence-corrected chi connectivity index (χ1v) is 6.00. The molecule has 1 aliphatic rings. The molecule has 1 saturated heterocycles. The van der Waals surface area contributed by atoms with Crippen LogP contribution in [0.4, 0.5) is 0 Å². The molecule has 0 radical (unpaired) electrons. The Balaban J connectivity index is 2.35. The molecule has 0 aliphatic carbocycles. The highest BCUT2D eigenvalue weighted by Gasteiger charge is 2.27. The first-order valence-electron chi connectivity index (χ1n) is 5.12.